The van der Waals surface area contributed by atoms with Gasteiger partial charge in [0.1, 0.15) is 6.04 Å². The first-order chi connectivity index (χ1) is 7.97. The molecule has 4 N–H and O–H groups in total. The molecule has 0 aromatic rings. The van der Waals surface area contributed by atoms with Crippen molar-refractivity contribution in [2.75, 3.05) is 13.1 Å². The molecule has 0 aliphatic rings. The standard InChI is InChI=1S/C12H25N3O2/c1-9(2)8-14-12(17)10(3)15-11(16)6-4-5-7-13/h9-10H,4-8,13H2,1-3H3,(H,14,17)(H,15,16). The second kappa shape index (κ2) is 8.98. The summed E-state index contributed by atoms with van der Waals surface area (Å²) >= 11 is 0. The third-order valence-electron chi connectivity index (χ3n) is 2.31. The molecule has 0 bridgehead atoms. The van der Waals surface area contributed by atoms with Crippen LogP contribution in [0.1, 0.15) is 40.0 Å². The molecule has 5 nitrogen and oxygen atoms in total. The van der Waals surface area contributed by atoms with E-state index >= 15 is 0 Å². The largest absolute Gasteiger partial charge is 0.354 e. The fourth-order valence-electron chi connectivity index (χ4n) is 1.27. The van der Waals surface area contributed by atoms with Crippen LogP contribution in [0.25, 0.3) is 0 Å². The molecule has 1 unspecified atom stereocenters. The van der Waals surface area contributed by atoms with Gasteiger partial charge in [-0.1, -0.05) is 13.8 Å². The minimum atomic E-state index is -0.473. The lowest BCUT2D eigenvalue weighted by atomic mass is 10.2. The van der Waals surface area contributed by atoms with Crippen LogP contribution in [0.4, 0.5) is 0 Å². The highest BCUT2D eigenvalue weighted by Gasteiger charge is 2.14. The molecule has 0 aromatic carbocycles. The zero-order valence-electron chi connectivity index (χ0n) is 11.1. The Labute approximate surface area is 104 Å². The zero-order chi connectivity index (χ0) is 13.3. The molecule has 0 radical (unpaired) electrons. The summed E-state index contributed by atoms with van der Waals surface area (Å²) < 4.78 is 0. The third-order valence-corrected chi connectivity index (χ3v) is 2.31. The second-order valence-electron chi connectivity index (χ2n) is 4.67. The molecule has 0 spiro atoms. The van der Waals surface area contributed by atoms with E-state index in [1.165, 1.54) is 0 Å². The van der Waals surface area contributed by atoms with E-state index < -0.39 is 6.04 Å². The van der Waals surface area contributed by atoms with E-state index in [-0.39, 0.29) is 11.8 Å². The maximum atomic E-state index is 11.6. The molecular weight excluding hydrogens is 218 g/mol. The van der Waals surface area contributed by atoms with Crippen LogP contribution in [-0.4, -0.2) is 30.9 Å². The summed E-state index contributed by atoms with van der Waals surface area (Å²) in [4.78, 5) is 23.0. The van der Waals surface area contributed by atoms with Crippen molar-refractivity contribution in [3.05, 3.63) is 0 Å². The molecular formula is C12H25N3O2. The average molecular weight is 243 g/mol. The summed E-state index contributed by atoms with van der Waals surface area (Å²) in [7, 11) is 0. The van der Waals surface area contributed by atoms with Crippen molar-refractivity contribution in [2.45, 2.75) is 46.1 Å². The van der Waals surface area contributed by atoms with Crippen molar-refractivity contribution in [2.24, 2.45) is 11.7 Å². The number of hydrogen-bond acceptors (Lipinski definition) is 3. The summed E-state index contributed by atoms with van der Waals surface area (Å²) in [5, 5.41) is 5.45. The van der Waals surface area contributed by atoms with Crippen molar-refractivity contribution >= 4 is 11.8 Å². The van der Waals surface area contributed by atoms with E-state index in [4.69, 9.17) is 5.73 Å². The summed E-state index contributed by atoms with van der Waals surface area (Å²) in [6.07, 6.45) is 2.03. The Hall–Kier alpha value is -1.10. The number of carbonyl (C=O) groups is 2. The molecule has 0 heterocycles. The first kappa shape index (κ1) is 15.9. The van der Waals surface area contributed by atoms with E-state index in [1.54, 1.807) is 6.92 Å². The Kier molecular flexibility index (Phi) is 8.40. The highest BCUT2D eigenvalue weighted by molar-refractivity contribution is 5.87. The highest BCUT2D eigenvalue weighted by atomic mass is 16.2. The van der Waals surface area contributed by atoms with E-state index in [0.717, 1.165) is 12.8 Å². The molecule has 0 aliphatic carbocycles. The van der Waals surface area contributed by atoms with Crippen molar-refractivity contribution in [1.82, 2.24) is 10.6 Å². The van der Waals surface area contributed by atoms with Gasteiger partial charge in [0.05, 0.1) is 0 Å². The fourth-order valence-corrected chi connectivity index (χ4v) is 1.27. The van der Waals surface area contributed by atoms with Gasteiger partial charge < -0.3 is 16.4 Å². The molecule has 2 amide bonds. The Morgan fingerprint density at radius 2 is 1.82 bits per heavy atom. The summed E-state index contributed by atoms with van der Waals surface area (Å²) in [6, 6.07) is -0.473. The predicted octanol–water partition coefficient (Wildman–Crippen LogP) is 0.392. The van der Waals surface area contributed by atoms with Gasteiger partial charge >= 0.3 is 0 Å². The summed E-state index contributed by atoms with van der Waals surface area (Å²) in [5.74, 6) is 0.183. The molecule has 0 saturated carbocycles. The predicted molar refractivity (Wildman–Crippen MR) is 68.4 cm³/mol. The maximum Gasteiger partial charge on any atom is 0.242 e. The van der Waals surface area contributed by atoms with Crippen LogP contribution in [0.3, 0.4) is 0 Å². The van der Waals surface area contributed by atoms with E-state index in [2.05, 4.69) is 10.6 Å². The van der Waals surface area contributed by atoms with E-state index in [9.17, 15) is 9.59 Å². The Morgan fingerprint density at radius 1 is 1.18 bits per heavy atom. The van der Waals surface area contributed by atoms with Crippen LogP contribution in [0, 0.1) is 5.92 Å². The smallest absolute Gasteiger partial charge is 0.242 e. The van der Waals surface area contributed by atoms with Crippen molar-refractivity contribution in [3.63, 3.8) is 0 Å². The van der Waals surface area contributed by atoms with Gasteiger partial charge in [0.2, 0.25) is 11.8 Å². The number of nitrogens with one attached hydrogen (secondary N) is 2. The fraction of sp³-hybridized carbons (Fsp3) is 0.833. The lowest BCUT2D eigenvalue weighted by Gasteiger charge is -2.15. The minimum Gasteiger partial charge on any atom is -0.354 e. The molecule has 0 aromatic heterocycles. The van der Waals surface area contributed by atoms with Gasteiger partial charge in [-0.05, 0) is 32.2 Å². The second-order valence-corrected chi connectivity index (χ2v) is 4.67. The molecule has 0 fully saturated rings. The van der Waals surface area contributed by atoms with Gasteiger partial charge in [0, 0.05) is 13.0 Å². The van der Waals surface area contributed by atoms with Gasteiger partial charge in [-0.15, -0.1) is 0 Å². The quantitative estimate of drug-likeness (QED) is 0.539. The van der Waals surface area contributed by atoms with Crippen molar-refractivity contribution in [1.29, 1.82) is 0 Å². The van der Waals surface area contributed by atoms with Gasteiger partial charge in [0.15, 0.2) is 0 Å². The molecule has 17 heavy (non-hydrogen) atoms. The van der Waals surface area contributed by atoms with Crippen molar-refractivity contribution < 1.29 is 9.59 Å². The molecule has 0 saturated heterocycles. The van der Waals surface area contributed by atoms with Crippen LogP contribution < -0.4 is 16.4 Å². The summed E-state index contributed by atoms with van der Waals surface area (Å²) in [5.41, 5.74) is 5.34. The lowest BCUT2D eigenvalue weighted by Crippen LogP contribution is -2.45. The van der Waals surface area contributed by atoms with Gasteiger partial charge in [-0.2, -0.15) is 0 Å². The zero-order valence-corrected chi connectivity index (χ0v) is 11.1. The number of unbranched alkanes of at least 4 members (excludes halogenated alkanes) is 1. The van der Waals surface area contributed by atoms with Crippen molar-refractivity contribution in [3.8, 4) is 0 Å². The van der Waals surface area contributed by atoms with Crippen LogP contribution in [0.2, 0.25) is 0 Å². The number of rotatable bonds is 8. The number of nitrogens with two attached hydrogens (primary N) is 1. The van der Waals surface area contributed by atoms with Gasteiger partial charge in [-0.3, -0.25) is 9.59 Å². The molecule has 5 heteroatoms. The van der Waals surface area contributed by atoms with Gasteiger partial charge in [-0.25, -0.2) is 0 Å². The lowest BCUT2D eigenvalue weighted by molar-refractivity contribution is -0.128. The monoisotopic (exact) mass is 243 g/mol. The molecule has 100 valence electrons. The van der Waals surface area contributed by atoms with Crippen LogP contribution in [0.5, 0.6) is 0 Å². The van der Waals surface area contributed by atoms with Crippen LogP contribution in [0.15, 0.2) is 0 Å². The first-order valence-electron chi connectivity index (χ1n) is 6.24. The summed E-state index contributed by atoms with van der Waals surface area (Å²) in [6.45, 7) is 6.97. The normalized spacial score (nSPS) is 12.3. The van der Waals surface area contributed by atoms with Crippen LogP contribution >= 0.6 is 0 Å². The third kappa shape index (κ3) is 8.68. The Morgan fingerprint density at radius 3 is 2.35 bits per heavy atom. The van der Waals surface area contributed by atoms with Crippen LogP contribution in [-0.2, 0) is 9.59 Å². The SMILES string of the molecule is CC(C)CNC(=O)C(C)NC(=O)CCCCN. The molecule has 0 rings (SSSR count). The van der Waals surface area contributed by atoms with E-state index in [0.29, 0.717) is 25.4 Å². The number of amides is 2. The number of hydrogen-bond donors (Lipinski definition) is 3. The maximum absolute atomic E-state index is 11.6. The Balaban J connectivity index is 3.78. The Bertz CT molecular complexity index is 242. The first-order valence-corrected chi connectivity index (χ1v) is 6.24. The number of carbonyl (C=O) groups excluding carboxylic acids is 2. The minimum absolute atomic E-state index is 0.0920. The van der Waals surface area contributed by atoms with E-state index in [1.807, 2.05) is 13.8 Å². The topological polar surface area (TPSA) is 84.2 Å². The average Bonchev–Trinajstić information content (AvgIpc) is 2.26. The molecule has 0 aliphatic heterocycles. The molecule has 1 atom stereocenters. The highest BCUT2D eigenvalue weighted by Crippen LogP contribution is 1.95. The van der Waals surface area contributed by atoms with Gasteiger partial charge in [0.25, 0.3) is 0 Å².